The molecule has 5 nitrogen and oxygen atoms in total. The molecule has 1 atom stereocenters. The molecule has 4 rings (SSSR count). The van der Waals surface area contributed by atoms with Gasteiger partial charge in [0.25, 0.3) is 0 Å². The lowest BCUT2D eigenvalue weighted by Gasteiger charge is -2.24. The van der Waals surface area contributed by atoms with Crippen molar-refractivity contribution in [3.05, 3.63) is 30.2 Å². The molecule has 0 bridgehead atoms. The molecule has 5 heteroatoms. The van der Waals surface area contributed by atoms with Crippen LogP contribution in [-0.2, 0) is 6.54 Å². The Labute approximate surface area is 124 Å². The van der Waals surface area contributed by atoms with E-state index in [1.807, 2.05) is 18.2 Å². The van der Waals surface area contributed by atoms with Crippen molar-refractivity contribution in [3.63, 3.8) is 0 Å². The highest BCUT2D eigenvalue weighted by Crippen LogP contribution is 2.30. The molecule has 1 saturated heterocycles. The van der Waals surface area contributed by atoms with E-state index in [2.05, 4.69) is 15.4 Å². The molecule has 0 radical (unpaired) electrons. The highest BCUT2D eigenvalue weighted by molar-refractivity contribution is 5.49. The van der Waals surface area contributed by atoms with Crippen LogP contribution >= 0.6 is 0 Å². The normalized spacial score (nSPS) is 22.2. The van der Waals surface area contributed by atoms with E-state index in [4.69, 9.17) is 8.94 Å². The summed E-state index contributed by atoms with van der Waals surface area (Å²) in [5.41, 5.74) is 0.992. The van der Waals surface area contributed by atoms with Crippen molar-refractivity contribution >= 4 is 0 Å². The zero-order chi connectivity index (χ0) is 14.1. The first-order chi connectivity index (χ1) is 10.4. The molecule has 2 aromatic rings. The van der Waals surface area contributed by atoms with E-state index in [1.165, 1.54) is 25.7 Å². The van der Waals surface area contributed by atoms with Crippen molar-refractivity contribution < 1.29 is 8.94 Å². The summed E-state index contributed by atoms with van der Waals surface area (Å²) in [6.07, 6.45) is 6.88. The van der Waals surface area contributed by atoms with Gasteiger partial charge in [0, 0.05) is 31.2 Å². The predicted octanol–water partition coefficient (Wildman–Crippen LogP) is 2.65. The summed E-state index contributed by atoms with van der Waals surface area (Å²) >= 11 is 0. The molecule has 2 aromatic heterocycles. The number of hydrogen-bond donors (Lipinski definition) is 1. The minimum absolute atomic E-state index is 0.641. The average Bonchev–Trinajstić information content (AvgIpc) is 2.93. The molecule has 0 amide bonds. The Morgan fingerprint density at radius 3 is 2.95 bits per heavy atom. The van der Waals surface area contributed by atoms with Crippen molar-refractivity contribution in [2.45, 2.75) is 44.3 Å². The maximum Gasteiger partial charge on any atom is 0.202 e. The van der Waals surface area contributed by atoms with Crippen LogP contribution in [0.2, 0.25) is 0 Å². The third kappa shape index (κ3) is 3.04. The minimum atomic E-state index is 0.641. The highest BCUT2D eigenvalue weighted by atomic mass is 16.5. The van der Waals surface area contributed by atoms with Crippen molar-refractivity contribution in [1.82, 2.24) is 15.4 Å². The molecule has 1 N–H and O–H groups in total. The quantitative estimate of drug-likeness (QED) is 0.885. The smallest absolute Gasteiger partial charge is 0.202 e. The van der Waals surface area contributed by atoms with Crippen molar-refractivity contribution in [2.75, 3.05) is 13.1 Å². The molecule has 21 heavy (non-hydrogen) atoms. The van der Waals surface area contributed by atoms with Gasteiger partial charge in [-0.2, -0.15) is 0 Å². The molecule has 0 spiro atoms. The van der Waals surface area contributed by atoms with Crippen LogP contribution in [0.5, 0.6) is 0 Å². The van der Waals surface area contributed by atoms with E-state index >= 15 is 0 Å². The van der Waals surface area contributed by atoms with Gasteiger partial charge in [0.1, 0.15) is 0 Å². The SMILES string of the molecule is c1coc(-c2cc(CN(CC3CCCN3)C3CC3)no2)c1. The second-order valence-electron chi connectivity index (χ2n) is 6.11. The molecule has 2 aliphatic rings. The Balaban J connectivity index is 1.43. The van der Waals surface area contributed by atoms with E-state index < -0.39 is 0 Å². The van der Waals surface area contributed by atoms with E-state index in [1.54, 1.807) is 6.26 Å². The zero-order valence-electron chi connectivity index (χ0n) is 12.1. The molecule has 1 unspecified atom stereocenters. The topological polar surface area (TPSA) is 54.4 Å². The van der Waals surface area contributed by atoms with Crippen LogP contribution in [0, 0.1) is 0 Å². The van der Waals surface area contributed by atoms with Crippen LogP contribution in [0.3, 0.4) is 0 Å². The van der Waals surface area contributed by atoms with Crippen molar-refractivity contribution in [2.24, 2.45) is 0 Å². The Morgan fingerprint density at radius 2 is 2.24 bits per heavy atom. The fraction of sp³-hybridized carbons (Fsp3) is 0.562. The van der Waals surface area contributed by atoms with Gasteiger partial charge in [-0.15, -0.1) is 0 Å². The van der Waals surface area contributed by atoms with Crippen LogP contribution in [0.1, 0.15) is 31.4 Å². The molecule has 2 fully saturated rings. The van der Waals surface area contributed by atoms with Gasteiger partial charge in [-0.3, -0.25) is 4.90 Å². The molecule has 1 aliphatic carbocycles. The van der Waals surface area contributed by atoms with Crippen molar-refractivity contribution in [1.29, 1.82) is 0 Å². The standard InChI is InChI=1S/C16H21N3O2/c1-3-12(17-7-1)10-19(14-5-6-14)11-13-9-16(21-18-13)15-4-2-8-20-15/h2,4,8-9,12,14,17H,1,3,5-7,10-11H2. The average molecular weight is 287 g/mol. The van der Waals surface area contributed by atoms with Gasteiger partial charge >= 0.3 is 0 Å². The van der Waals surface area contributed by atoms with Gasteiger partial charge in [0.05, 0.1) is 12.0 Å². The predicted molar refractivity (Wildman–Crippen MR) is 78.7 cm³/mol. The molecule has 1 saturated carbocycles. The maximum absolute atomic E-state index is 5.39. The lowest BCUT2D eigenvalue weighted by Crippen LogP contribution is -2.38. The maximum atomic E-state index is 5.39. The Hall–Kier alpha value is -1.59. The number of nitrogens with zero attached hydrogens (tertiary/aromatic N) is 2. The third-order valence-corrected chi connectivity index (χ3v) is 4.37. The van der Waals surface area contributed by atoms with E-state index in [9.17, 15) is 0 Å². The van der Waals surface area contributed by atoms with Gasteiger partial charge in [-0.05, 0) is 44.4 Å². The first-order valence-corrected chi connectivity index (χ1v) is 7.85. The lowest BCUT2D eigenvalue weighted by molar-refractivity contribution is 0.224. The van der Waals surface area contributed by atoms with Crippen LogP contribution in [0.4, 0.5) is 0 Å². The molecule has 0 aromatic carbocycles. The van der Waals surface area contributed by atoms with Crippen molar-refractivity contribution in [3.8, 4) is 11.5 Å². The monoisotopic (exact) mass is 287 g/mol. The van der Waals surface area contributed by atoms with Crippen LogP contribution < -0.4 is 5.32 Å². The summed E-state index contributed by atoms with van der Waals surface area (Å²) in [4.78, 5) is 2.55. The fourth-order valence-corrected chi connectivity index (χ4v) is 3.11. The van der Waals surface area contributed by atoms with Gasteiger partial charge in [0.2, 0.25) is 5.76 Å². The Kier molecular flexibility index (Phi) is 3.53. The summed E-state index contributed by atoms with van der Waals surface area (Å²) in [5.74, 6) is 1.45. The first-order valence-electron chi connectivity index (χ1n) is 7.85. The molecular weight excluding hydrogens is 266 g/mol. The van der Waals surface area contributed by atoms with Crippen LogP contribution in [-0.4, -0.2) is 35.2 Å². The van der Waals surface area contributed by atoms with Crippen LogP contribution in [0.15, 0.2) is 33.4 Å². The fourth-order valence-electron chi connectivity index (χ4n) is 3.11. The highest BCUT2D eigenvalue weighted by Gasteiger charge is 2.31. The Morgan fingerprint density at radius 1 is 1.29 bits per heavy atom. The Bertz CT molecular complexity index is 568. The number of rotatable bonds is 6. The summed E-state index contributed by atoms with van der Waals surface area (Å²) in [6.45, 7) is 3.15. The summed E-state index contributed by atoms with van der Waals surface area (Å²) in [7, 11) is 0. The largest absolute Gasteiger partial charge is 0.461 e. The molecule has 3 heterocycles. The third-order valence-electron chi connectivity index (χ3n) is 4.37. The number of hydrogen-bond acceptors (Lipinski definition) is 5. The summed E-state index contributed by atoms with van der Waals surface area (Å²) < 4.78 is 10.7. The molecule has 1 aliphatic heterocycles. The second-order valence-corrected chi connectivity index (χ2v) is 6.11. The second kappa shape index (κ2) is 5.66. The number of furan rings is 1. The van der Waals surface area contributed by atoms with E-state index in [0.717, 1.165) is 37.1 Å². The summed E-state index contributed by atoms with van der Waals surface area (Å²) in [5, 5.41) is 7.78. The van der Waals surface area contributed by atoms with Gasteiger partial charge in [-0.25, -0.2) is 0 Å². The van der Waals surface area contributed by atoms with Gasteiger partial charge in [0.15, 0.2) is 5.76 Å². The zero-order valence-corrected chi connectivity index (χ0v) is 12.1. The minimum Gasteiger partial charge on any atom is -0.461 e. The van der Waals surface area contributed by atoms with Gasteiger partial charge < -0.3 is 14.3 Å². The van der Waals surface area contributed by atoms with Crippen LogP contribution in [0.25, 0.3) is 11.5 Å². The molecular formula is C16H21N3O2. The number of aromatic nitrogens is 1. The summed E-state index contributed by atoms with van der Waals surface area (Å²) in [6, 6.07) is 7.12. The first kappa shape index (κ1) is 13.1. The lowest BCUT2D eigenvalue weighted by atomic mass is 10.2. The van der Waals surface area contributed by atoms with E-state index in [-0.39, 0.29) is 0 Å². The molecule has 112 valence electrons. The number of nitrogens with one attached hydrogen (secondary N) is 1. The van der Waals surface area contributed by atoms with Gasteiger partial charge in [-0.1, -0.05) is 5.16 Å². The van der Waals surface area contributed by atoms with E-state index in [0.29, 0.717) is 11.8 Å².